The van der Waals surface area contributed by atoms with Gasteiger partial charge in [0.05, 0.1) is 13.2 Å². The number of nitrogens with one attached hydrogen (secondary N) is 1. The molecule has 1 aliphatic carbocycles. The molecular weight excluding hydrogens is 348 g/mol. The van der Waals surface area contributed by atoms with Gasteiger partial charge < -0.3 is 15.0 Å². The first-order valence-corrected chi connectivity index (χ1v) is 10.2. The number of nitrogens with zero attached hydrogens (tertiary/aromatic N) is 3. The van der Waals surface area contributed by atoms with Gasteiger partial charge in [-0.25, -0.2) is 9.97 Å². The van der Waals surface area contributed by atoms with E-state index < -0.39 is 0 Å². The van der Waals surface area contributed by atoms with Crippen LogP contribution >= 0.6 is 11.3 Å². The number of carbonyl (C=O) groups is 1. The van der Waals surface area contributed by atoms with Crippen LogP contribution in [0.3, 0.4) is 0 Å². The number of pyridine rings is 1. The van der Waals surface area contributed by atoms with Gasteiger partial charge in [0.15, 0.2) is 0 Å². The Kier molecular flexibility index (Phi) is 5.45. The van der Waals surface area contributed by atoms with Gasteiger partial charge in [-0.1, -0.05) is 19.3 Å². The molecule has 7 heteroatoms. The molecule has 0 unspecified atom stereocenters. The lowest BCUT2D eigenvalue weighted by Gasteiger charge is -2.27. The van der Waals surface area contributed by atoms with Crippen LogP contribution in [-0.4, -0.2) is 48.2 Å². The zero-order valence-corrected chi connectivity index (χ0v) is 15.6. The van der Waals surface area contributed by atoms with Gasteiger partial charge >= 0.3 is 0 Å². The first kappa shape index (κ1) is 17.4. The molecule has 3 heterocycles. The van der Waals surface area contributed by atoms with E-state index in [1.165, 1.54) is 30.6 Å². The van der Waals surface area contributed by atoms with Crippen LogP contribution < -0.4 is 10.2 Å². The lowest BCUT2D eigenvalue weighted by molar-refractivity contribution is 0.0923. The molecule has 0 radical (unpaired) electrons. The van der Waals surface area contributed by atoms with E-state index >= 15 is 0 Å². The van der Waals surface area contributed by atoms with Crippen molar-refractivity contribution in [3.63, 3.8) is 0 Å². The molecule has 4 rings (SSSR count). The molecule has 26 heavy (non-hydrogen) atoms. The molecule has 1 N–H and O–H groups in total. The van der Waals surface area contributed by atoms with Gasteiger partial charge in [-0.05, 0) is 25.0 Å². The lowest BCUT2D eigenvalue weighted by Crippen LogP contribution is -2.36. The lowest BCUT2D eigenvalue weighted by atomic mass is 9.95. The van der Waals surface area contributed by atoms with Gasteiger partial charge in [0.1, 0.15) is 16.5 Å². The largest absolute Gasteiger partial charge is 0.378 e. The Morgan fingerprint density at radius 2 is 2.04 bits per heavy atom. The van der Waals surface area contributed by atoms with Crippen LogP contribution in [0.4, 0.5) is 5.82 Å². The fourth-order valence-electron chi connectivity index (χ4n) is 3.53. The summed E-state index contributed by atoms with van der Waals surface area (Å²) < 4.78 is 5.40. The van der Waals surface area contributed by atoms with Crippen molar-refractivity contribution in [2.24, 2.45) is 0 Å². The summed E-state index contributed by atoms with van der Waals surface area (Å²) in [6.45, 7) is 3.16. The number of carbonyl (C=O) groups excluding carboxylic acids is 1. The van der Waals surface area contributed by atoms with Crippen molar-refractivity contribution in [1.82, 2.24) is 15.3 Å². The number of rotatable bonds is 4. The number of aromatic nitrogens is 2. The second-order valence-electron chi connectivity index (χ2n) is 6.85. The van der Waals surface area contributed by atoms with E-state index in [4.69, 9.17) is 4.74 Å². The molecule has 2 aromatic heterocycles. The van der Waals surface area contributed by atoms with Gasteiger partial charge in [-0.2, -0.15) is 0 Å². The summed E-state index contributed by atoms with van der Waals surface area (Å²) in [4.78, 5) is 23.7. The van der Waals surface area contributed by atoms with Crippen LogP contribution in [0.5, 0.6) is 0 Å². The number of amides is 1. The predicted molar refractivity (Wildman–Crippen MR) is 103 cm³/mol. The molecule has 1 saturated carbocycles. The van der Waals surface area contributed by atoms with Crippen LogP contribution in [0.2, 0.25) is 0 Å². The van der Waals surface area contributed by atoms with Crippen molar-refractivity contribution >= 4 is 23.1 Å². The zero-order chi connectivity index (χ0) is 17.8. The van der Waals surface area contributed by atoms with Crippen LogP contribution in [0.1, 0.15) is 42.6 Å². The molecule has 1 saturated heterocycles. The van der Waals surface area contributed by atoms with Gasteiger partial charge in [0.25, 0.3) is 5.91 Å². The first-order chi connectivity index (χ1) is 12.8. The molecule has 2 aromatic rings. The third-order valence-corrected chi connectivity index (χ3v) is 5.90. The van der Waals surface area contributed by atoms with Gasteiger partial charge in [0, 0.05) is 36.3 Å². The highest BCUT2D eigenvalue weighted by Gasteiger charge is 2.19. The summed E-state index contributed by atoms with van der Waals surface area (Å²) in [7, 11) is 0. The maximum absolute atomic E-state index is 12.5. The Bertz CT molecular complexity index is 752. The number of thiazole rings is 1. The first-order valence-electron chi connectivity index (χ1n) is 9.35. The van der Waals surface area contributed by atoms with Gasteiger partial charge in [-0.15, -0.1) is 11.3 Å². The minimum Gasteiger partial charge on any atom is -0.378 e. The third kappa shape index (κ3) is 4.04. The van der Waals surface area contributed by atoms with Crippen molar-refractivity contribution in [3.8, 4) is 10.6 Å². The number of anilines is 1. The van der Waals surface area contributed by atoms with Gasteiger partial charge in [0.2, 0.25) is 0 Å². The van der Waals surface area contributed by atoms with E-state index in [9.17, 15) is 4.79 Å². The molecule has 0 bridgehead atoms. The van der Waals surface area contributed by atoms with Crippen molar-refractivity contribution in [1.29, 1.82) is 0 Å². The van der Waals surface area contributed by atoms with Crippen molar-refractivity contribution in [3.05, 3.63) is 29.4 Å². The van der Waals surface area contributed by atoms with Crippen LogP contribution in [-0.2, 0) is 4.74 Å². The zero-order valence-electron chi connectivity index (χ0n) is 14.8. The standard InChI is InChI=1S/C19H24N4O2S/c24-18(21-15-4-2-1-3-5-15)16-13-26-19(22-16)14-6-7-20-17(12-14)23-8-10-25-11-9-23/h6-7,12-13,15H,1-5,8-11H2,(H,21,24). The average Bonchev–Trinajstić information content (AvgIpc) is 3.20. The van der Waals surface area contributed by atoms with E-state index in [0.717, 1.165) is 55.5 Å². The second-order valence-corrected chi connectivity index (χ2v) is 7.71. The Morgan fingerprint density at radius 1 is 1.23 bits per heavy atom. The Labute approximate surface area is 157 Å². The molecule has 1 amide bonds. The summed E-state index contributed by atoms with van der Waals surface area (Å²) in [5.41, 5.74) is 1.52. The van der Waals surface area contributed by atoms with E-state index in [2.05, 4.69) is 20.2 Å². The highest BCUT2D eigenvalue weighted by Crippen LogP contribution is 2.27. The van der Waals surface area contributed by atoms with E-state index in [0.29, 0.717) is 11.7 Å². The van der Waals surface area contributed by atoms with Crippen molar-refractivity contribution in [2.45, 2.75) is 38.1 Å². The monoisotopic (exact) mass is 372 g/mol. The molecule has 0 spiro atoms. The second kappa shape index (κ2) is 8.14. The van der Waals surface area contributed by atoms with Crippen LogP contribution in [0, 0.1) is 0 Å². The quantitative estimate of drug-likeness (QED) is 0.893. The molecule has 6 nitrogen and oxygen atoms in total. The minimum absolute atomic E-state index is 0.0538. The van der Waals surface area contributed by atoms with E-state index in [-0.39, 0.29) is 5.91 Å². The molecular formula is C19H24N4O2S. The smallest absolute Gasteiger partial charge is 0.270 e. The molecule has 138 valence electrons. The Morgan fingerprint density at radius 3 is 2.85 bits per heavy atom. The summed E-state index contributed by atoms with van der Waals surface area (Å²) in [5.74, 6) is 0.885. The fraction of sp³-hybridized carbons (Fsp3) is 0.526. The maximum atomic E-state index is 12.5. The van der Waals surface area contributed by atoms with E-state index in [1.54, 1.807) is 0 Å². The highest BCUT2D eigenvalue weighted by molar-refractivity contribution is 7.13. The predicted octanol–water partition coefficient (Wildman–Crippen LogP) is 3.10. The fourth-order valence-corrected chi connectivity index (χ4v) is 4.33. The average molecular weight is 372 g/mol. The summed E-state index contributed by atoms with van der Waals surface area (Å²) >= 11 is 1.51. The summed E-state index contributed by atoms with van der Waals surface area (Å²) in [5, 5.41) is 5.84. The van der Waals surface area contributed by atoms with Gasteiger partial charge in [-0.3, -0.25) is 4.79 Å². The number of morpholine rings is 1. The number of hydrogen-bond donors (Lipinski definition) is 1. The Balaban J connectivity index is 1.46. The highest BCUT2D eigenvalue weighted by atomic mass is 32.1. The SMILES string of the molecule is O=C(NC1CCCCC1)c1csc(-c2ccnc(N3CCOCC3)c2)n1. The molecule has 2 fully saturated rings. The molecule has 1 aliphatic heterocycles. The van der Waals surface area contributed by atoms with Crippen LogP contribution in [0.15, 0.2) is 23.7 Å². The number of ether oxygens (including phenoxy) is 1. The van der Waals surface area contributed by atoms with Crippen LogP contribution in [0.25, 0.3) is 10.6 Å². The minimum atomic E-state index is -0.0538. The van der Waals surface area contributed by atoms with Crippen molar-refractivity contribution in [2.75, 3.05) is 31.2 Å². The Hall–Kier alpha value is -1.99. The summed E-state index contributed by atoms with van der Waals surface area (Å²) in [6.07, 6.45) is 7.65. The topological polar surface area (TPSA) is 67.4 Å². The molecule has 0 atom stereocenters. The van der Waals surface area contributed by atoms with E-state index in [1.807, 2.05) is 23.7 Å². The molecule has 2 aliphatic rings. The summed E-state index contributed by atoms with van der Waals surface area (Å²) in [6, 6.07) is 4.30. The molecule has 0 aromatic carbocycles. The normalized spacial score (nSPS) is 18.7. The maximum Gasteiger partial charge on any atom is 0.270 e. The van der Waals surface area contributed by atoms with Crippen molar-refractivity contribution < 1.29 is 9.53 Å². The third-order valence-electron chi connectivity index (χ3n) is 5.00. The number of hydrogen-bond acceptors (Lipinski definition) is 6.